The summed E-state index contributed by atoms with van der Waals surface area (Å²) >= 11 is 0. The van der Waals surface area contributed by atoms with Gasteiger partial charge in [-0.3, -0.25) is 19.0 Å². The number of fused-ring (bicyclic) bond motifs is 1. The van der Waals surface area contributed by atoms with E-state index in [9.17, 15) is 9.59 Å². The van der Waals surface area contributed by atoms with Crippen LogP contribution in [-0.4, -0.2) is 43.4 Å². The lowest BCUT2D eigenvalue weighted by Gasteiger charge is -2.06. The van der Waals surface area contributed by atoms with Gasteiger partial charge in [-0.05, 0) is 19.9 Å². The molecule has 0 bridgehead atoms. The number of hydrogen-bond acceptors (Lipinski definition) is 5. The summed E-state index contributed by atoms with van der Waals surface area (Å²) in [6, 6.07) is 1.74. The van der Waals surface area contributed by atoms with Crippen molar-refractivity contribution in [2.75, 3.05) is 12.4 Å². The van der Waals surface area contributed by atoms with Crippen LogP contribution in [0, 0.1) is 13.8 Å². The lowest BCUT2D eigenvalue weighted by molar-refractivity contribution is -0.121. The van der Waals surface area contributed by atoms with Crippen molar-refractivity contribution in [3.05, 3.63) is 35.4 Å². The summed E-state index contributed by atoms with van der Waals surface area (Å²) < 4.78 is 3.12. The van der Waals surface area contributed by atoms with Crippen LogP contribution in [0.15, 0.2) is 18.5 Å². The summed E-state index contributed by atoms with van der Waals surface area (Å²) in [5.74, 6) is -0.440. The fraction of sp³-hybridized carbons (Fsp3) is 0.312. The van der Waals surface area contributed by atoms with Crippen LogP contribution in [-0.2, 0) is 18.4 Å². The van der Waals surface area contributed by atoms with Crippen molar-refractivity contribution >= 4 is 28.5 Å². The van der Waals surface area contributed by atoms with Gasteiger partial charge in [-0.25, -0.2) is 4.98 Å². The second-order valence-corrected chi connectivity index (χ2v) is 5.77. The topological polar surface area (TPSA) is 107 Å². The standard InChI is InChI=1S/C16H19N7O2/c1-9-5-12(14-10(2)21-22(4)15(14)19-9)16(25)20-11-6-18-23(7-11)8-13(24)17-3/h5-7H,8H2,1-4H3,(H,17,24)(H,20,25). The number of amides is 2. The van der Waals surface area contributed by atoms with Gasteiger partial charge in [-0.2, -0.15) is 10.2 Å². The van der Waals surface area contributed by atoms with Gasteiger partial charge in [0.15, 0.2) is 5.65 Å². The molecule has 130 valence electrons. The van der Waals surface area contributed by atoms with Crippen molar-refractivity contribution in [3.8, 4) is 0 Å². The minimum atomic E-state index is -0.272. The zero-order chi connectivity index (χ0) is 18.1. The van der Waals surface area contributed by atoms with Crippen LogP contribution in [0.1, 0.15) is 21.7 Å². The van der Waals surface area contributed by atoms with E-state index < -0.39 is 0 Å². The summed E-state index contributed by atoms with van der Waals surface area (Å²) in [4.78, 5) is 28.6. The van der Waals surface area contributed by atoms with Crippen molar-refractivity contribution < 1.29 is 9.59 Å². The smallest absolute Gasteiger partial charge is 0.256 e. The zero-order valence-corrected chi connectivity index (χ0v) is 14.5. The van der Waals surface area contributed by atoms with Crippen LogP contribution in [0.5, 0.6) is 0 Å². The molecule has 2 N–H and O–H groups in total. The molecule has 0 aromatic carbocycles. The summed E-state index contributed by atoms with van der Waals surface area (Å²) in [5, 5.41) is 14.5. The van der Waals surface area contributed by atoms with Crippen LogP contribution in [0.4, 0.5) is 5.69 Å². The predicted octanol–water partition coefficient (Wildman–Crippen LogP) is 0.780. The van der Waals surface area contributed by atoms with Crippen LogP contribution in [0.3, 0.4) is 0 Å². The molecular formula is C16H19N7O2. The average molecular weight is 341 g/mol. The first-order chi connectivity index (χ1) is 11.9. The Morgan fingerprint density at radius 1 is 1.28 bits per heavy atom. The SMILES string of the molecule is CNC(=O)Cn1cc(NC(=O)c2cc(C)nc3c2c(C)nn3C)cn1. The summed E-state index contributed by atoms with van der Waals surface area (Å²) in [7, 11) is 3.36. The van der Waals surface area contributed by atoms with E-state index in [1.807, 2.05) is 13.8 Å². The van der Waals surface area contributed by atoms with Gasteiger partial charge in [0.2, 0.25) is 5.91 Å². The molecule has 2 amide bonds. The highest BCUT2D eigenvalue weighted by Crippen LogP contribution is 2.22. The van der Waals surface area contributed by atoms with E-state index in [1.54, 1.807) is 31.0 Å². The number of hydrogen-bond donors (Lipinski definition) is 2. The third-order valence-corrected chi connectivity index (χ3v) is 3.82. The van der Waals surface area contributed by atoms with Gasteiger partial charge in [0.05, 0.1) is 28.5 Å². The summed E-state index contributed by atoms with van der Waals surface area (Å²) in [6.07, 6.45) is 3.11. The number of carbonyl (C=O) groups is 2. The van der Waals surface area contributed by atoms with Crippen LogP contribution < -0.4 is 10.6 Å². The first kappa shape index (κ1) is 16.6. The van der Waals surface area contributed by atoms with E-state index in [0.29, 0.717) is 16.9 Å². The Hall–Kier alpha value is -3.23. The third kappa shape index (κ3) is 3.21. The number of aryl methyl sites for hydroxylation is 3. The van der Waals surface area contributed by atoms with Gasteiger partial charge in [0.25, 0.3) is 5.91 Å². The highest BCUT2D eigenvalue weighted by atomic mass is 16.2. The Balaban J connectivity index is 1.89. The maximum absolute atomic E-state index is 12.7. The minimum absolute atomic E-state index is 0.0900. The average Bonchev–Trinajstić information content (AvgIpc) is 3.11. The maximum atomic E-state index is 12.7. The van der Waals surface area contributed by atoms with Gasteiger partial charge < -0.3 is 10.6 Å². The highest BCUT2D eigenvalue weighted by Gasteiger charge is 2.18. The lowest BCUT2D eigenvalue weighted by atomic mass is 10.1. The quantitative estimate of drug-likeness (QED) is 0.729. The van der Waals surface area contributed by atoms with Crippen molar-refractivity contribution in [2.24, 2.45) is 7.05 Å². The van der Waals surface area contributed by atoms with E-state index in [1.165, 1.54) is 10.9 Å². The van der Waals surface area contributed by atoms with E-state index in [-0.39, 0.29) is 18.4 Å². The molecule has 0 radical (unpaired) electrons. The number of nitrogens with zero attached hydrogens (tertiary/aromatic N) is 5. The van der Waals surface area contributed by atoms with Crippen LogP contribution in [0.2, 0.25) is 0 Å². The van der Waals surface area contributed by atoms with Gasteiger partial charge in [-0.15, -0.1) is 0 Å². The molecule has 3 heterocycles. The molecule has 0 unspecified atom stereocenters. The predicted molar refractivity (Wildman–Crippen MR) is 92.2 cm³/mol. The molecule has 0 saturated heterocycles. The van der Waals surface area contributed by atoms with Gasteiger partial charge in [-0.1, -0.05) is 0 Å². The first-order valence-corrected chi connectivity index (χ1v) is 7.74. The number of carbonyl (C=O) groups excluding carboxylic acids is 2. The molecule has 0 spiro atoms. The first-order valence-electron chi connectivity index (χ1n) is 7.74. The zero-order valence-electron chi connectivity index (χ0n) is 14.5. The van der Waals surface area contributed by atoms with E-state index in [4.69, 9.17) is 0 Å². The van der Waals surface area contributed by atoms with E-state index in [2.05, 4.69) is 25.8 Å². The van der Waals surface area contributed by atoms with Crippen molar-refractivity contribution in [1.82, 2.24) is 29.9 Å². The Morgan fingerprint density at radius 3 is 2.76 bits per heavy atom. The largest absolute Gasteiger partial charge is 0.358 e. The molecule has 9 heteroatoms. The van der Waals surface area contributed by atoms with Gasteiger partial charge in [0.1, 0.15) is 6.54 Å². The Bertz CT molecular complexity index is 970. The monoisotopic (exact) mass is 341 g/mol. The number of anilines is 1. The Morgan fingerprint density at radius 2 is 2.04 bits per heavy atom. The molecule has 3 aromatic heterocycles. The Labute approximate surface area is 144 Å². The molecule has 0 atom stereocenters. The number of aromatic nitrogens is 5. The van der Waals surface area contributed by atoms with Crippen molar-refractivity contribution in [2.45, 2.75) is 20.4 Å². The lowest BCUT2D eigenvalue weighted by Crippen LogP contribution is -2.23. The minimum Gasteiger partial charge on any atom is -0.358 e. The Kier molecular flexibility index (Phi) is 4.22. The van der Waals surface area contributed by atoms with Crippen LogP contribution in [0.25, 0.3) is 11.0 Å². The maximum Gasteiger partial charge on any atom is 0.256 e. The van der Waals surface area contributed by atoms with Gasteiger partial charge >= 0.3 is 0 Å². The molecule has 0 aliphatic carbocycles. The molecule has 0 aliphatic heterocycles. The fourth-order valence-corrected chi connectivity index (χ4v) is 2.69. The normalized spacial score (nSPS) is 10.9. The molecule has 0 saturated carbocycles. The number of pyridine rings is 1. The van der Waals surface area contributed by atoms with E-state index >= 15 is 0 Å². The second kappa shape index (κ2) is 6.34. The number of likely N-dealkylation sites (N-methyl/N-ethyl adjacent to an activating group) is 1. The third-order valence-electron chi connectivity index (χ3n) is 3.82. The molecule has 3 rings (SSSR count). The van der Waals surface area contributed by atoms with Gasteiger partial charge in [0, 0.05) is 26.0 Å². The fourth-order valence-electron chi connectivity index (χ4n) is 2.69. The number of rotatable bonds is 4. The summed E-state index contributed by atoms with van der Waals surface area (Å²) in [5.41, 5.74) is 3.16. The highest BCUT2D eigenvalue weighted by molar-refractivity contribution is 6.12. The second-order valence-electron chi connectivity index (χ2n) is 5.77. The molecule has 3 aromatic rings. The number of nitrogens with one attached hydrogen (secondary N) is 2. The summed E-state index contributed by atoms with van der Waals surface area (Å²) in [6.45, 7) is 3.77. The van der Waals surface area contributed by atoms with Crippen molar-refractivity contribution in [3.63, 3.8) is 0 Å². The molecule has 9 nitrogen and oxygen atoms in total. The molecule has 0 fully saturated rings. The van der Waals surface area contributed by atoms with Crippen molar-refractivity contribution in [1.29, 1.82) is 0 Å². The molecule has 25 heavy (non-hydrogen) atoms. The molecular weight excluding hydrogens is 322 g/mol. The molecule has 0 aliphatic rings. The van der Waals surface area contributed by atoms with Crippen LogP contribution >= 0.6 is 0 Å². The van der Waals surface area contributed by atoms with E-state index in [0.717, 1.165) is 16.8 Å².